The van der Waals surface area contributed by atoms with Crippen LogP contribution >= 0.6 is 50.9 Å². The van der Waals surface area contributed by atoms with Crippen molar-refractivity contribution < 1.29 is 13.9 Å². The van der Waals surface area contributed by atoms with E-state index in [0.717, 1.165) is 11.8 Å². The number of nitrogens with one attached hydrogen (secondary N) is 1. The molecule has 1 amide bonds. The van der Waals surface area contributed by atoms with Crippen molar-refractivity contribution >= 4 is 62.5 Å². The minimum atomic E-state index is -0.202. The number of rotatable bonds is 7. The molecule has 3 rings (SSSR count). The highest BCUT2D eigenvalue weighted by atomic mass is 79.9. The number of ether oxygens (including phenoxy) is 1. The first kappa shape index (κ1) is 20.0. The molecule has 3 aromatic rings. The smallest absolute Gasteiger partial charge is 0.277 e. The van der Waals surface area contributed by atoms with Crippen LogP contribution in [0.15, 0.2) is 56.6 Å². The molecule has 0 unspecified atom stereocenters. The Labute approximate surface area is 177 Å². The molecule has 2 aromatic carbocycles. The standard InChI is InChI=1S/C17H12BrCl2N3O3S/c18-13-7-11(3-6-14(13)20)21-15(24)9-27-17-23-22-16(26-17)8-25-12-4-1-10(19)2-5-12/h1-7H,8-9H2,(H,21,24). The molecule has 0 aliphatic rings. The van der Waals surface area contributed by atoms with Gasteiger partial charge in [-0.15, -0.1) is 10.2 Å². The molecule has 6 nitrogen and oxygen atoms in total. The number of hydrogen-bond donors (Lipinski definition) is 1. The largest absolute Gasteiger partial charge is 0.484 e. The summed E-state index contributed by atoms with van der Waals surface area (Å²) in [6.07, 6.45) is 0. The van der Waals surface area contributed by atoms with E-state index >= 15 is 0 Å². The predicted molar refractivity (Wildman–Crippen MR) is 109 cm³/mol. The first-order valence-electron chi connectivity index (χ1n) is 7.58. The van der Waals surface area contributed by atoms with Gasteiger partial charge in [0, 0.05) is 15.2 Å². The van der Waals surface area contributed by atoms with Crippen molar-refractivity contribution in [3.05, 3.63) is 62.9 Å². The number of nitrogens with zero attached hydrogens (tertiary/aromatic N) is 2. The van der Waals surface area contributed by atoms with E-state index in [0.29, 0.717) is 31.8 Å². The van der Waals surface area contributed by atoms with E-state index in [-0.39, 0.29) is 23.5 Å². The molecule has 10 heteroatoms. The molecule has 0 fully saturated rings. The van der Waals surface area contributed by atoms with Gasteiger partial charge >= 0.3 is 0 Å². The summed E-state index contributed by atoms with van der Waals surface area (Å²) in [4.78, 5) is 12.0. The molecule has 0 spiro atoms. The highest BCUT2D eigenvalue weighted by molar-refractivity contribution is 9.10. The molecule has 0 aliphatic heterocycles. The van der Waals surface area contributed by atoms with Crippen LogP contribution in [-0.4, -0.2) is 21.9 Å². The molecule has 0 bridgehead atoms. The van der Waals surface area contributed by atoms with Crippen molar-refractivity contribution in [2.45, 2.75) is 11.8 Å². The molecule has 0 atom stereocenters. The van der Waals surface area contributed by atoms with Gasteiger partial charge in [0.25, 0.3) is 11.1 Å². The maximum Gasteiger partial charge on any atom is 0.277 e. The van der Waals surface area contributed by atoms with Crippen LogP contribution in [0.2, 0.25) is 10.0 Å². The number of anilines is 1. The number of halogens is 3. The van der Waals surface area contributed by atoms with E-state index in [1.165, 1.54) is 0 Å². The first-order chi connectivity index (χ1) is 13.0. The average Bonchev–Trinajstić information content (AvgIpc) is 3.11. The van der Waals surface area contributed by atoms with Crippen LogP contribution < -0.4 is 10.1 Å². The maximum atomic E-state index is 12.0. The molecule has 0 radical (unpaired) electrons. The monoisotopic (exact) mass is 487 g/mol. The molecule has 0 aliphatic carbocycles. The molecule has 1 heterocycles. The number of carbonyl (C=O) groups excluding carboxylic acids is 1. The second-order valence-electron chi connectivity index (χ2n) is 5.17. The van der Waals surface area contributed by atoms with Crippen LogP contribution in [0.3, 0.4) is 0 Å². The fourth-order valence-corrected chi connectivity index (χ4v) is 3.13. The summed E-state index contributed by atoms with van der Waals surface area (Å²) in [6, 6.07) is 12.1. The molecule has 1 aromatic heterocycles. The van der Waals surface area contributed by atoms with E-state index < -0.39 is 0 Å². The number of benzene rings is 2. The Balaban J connectivity index is 1.46. The van der Waals surface area contributed by atoms with Crippen LogP contribution in [-0.2, 0) is 11.4 Å². The highest BCUT2D eigenvalue weighted by Crippen LogP contribution is 2.26. The Kier molecular flexibility index (Phi) is 7.01. The van der Waals surface area contributed by atoms with E-state index in [2.05, 4.69) is 31.4 Å². The Morgan fingerprint density at radius 2 is 1.96 bits per heavy atom. The summed E-state index contributed by atoms with van der Waals surface area (Å²) in [5.41, 5.74) is 0.638. The second-order valence-corrected chi connectivity index (χ2v) is 7.79. The SMILES string of the molecule is O=C(CSc1nnc(COc2ccc(Cl)cc2)o1)Nc1ccc(Cl)c(Br)c1. The lowest BCUT2D eigenvalue weighted by Crippen LogP contribution is -2.13. The van der Waals surface area contributed by atoms with Gasteiger partial charge in [-0.3, -0.25) is 4.79 Å². The molecule has 27 heavy (non-hydrogen) atoms. The highest BCUT2D eigenvalue weighted by Gasteiger charge is 2.11. The van der Waals surface area contributed by atoms with Crippen LogP contribution in [0, 0.1) is 0 Å². The average molecular weight is 489 g/mol. The summed E-state index contributed by atoms with van der Waals surface area (Å²) in [5, 5.41) is 12.0. The zero-order valence-corrected chi connectivity index (χ0v) is 17.5. The topological polar surface area (TPSA) is 77.2 Å². The Bertz CT molecular complexity index is 937. The number of carbonyl (C=O) groups is 1. The van der Waals surface area contributed by atoms with Gasteiger partial charge < -0.3 is 14.5 Å². The van der Waals surface area contributed by atoms with Gasteiger partial charge in [-0.05, 0) is 58.4 Å². The number of amides is 1. The van der Waals surface area contributed by atoms with Crippen LogP contribution in [0.5, 0.6) is 5.75 Å². The van der Waals surface area contributed by atoms with Crippen LogP contribution in [0.25, 0.3) is 0 Å². The van der Waals surface area contributed by atoms with Crippen molar-refractivity contribution in [2.75, 3.05) is 11.1 Å². The molecule has 1 N–H and O–H groups in total. The normalized spacial score (nSPS) is 10.6. The molecular weight excluding hydrogens is 477 g/mol. The Hall–Kier alpha value is -1.74. The van der Waals surface area contributed by atoms with E-state index in [9.17, 15) is 4.79 Å². The quantitative estimate of drug-likeness (QED) is 0.445. The van der Waals surface area contributed by atoms with E-state index in [1.54, 1.807) is 42.5 Å². The summed E-state index contributed by atoms with van der Waals surface area (Å²) in [5.74, 6) is 0.876. The number of aromatic nitrogens is 2. The third kappa shape index (κ3) is 6.14. The van der Waals surface area contributed by atoms with Crippen LogP contribution in [0.1, 0.15) is 5.89 Å². The summed E-state index contributed by atoms with van der Waals surface area (Å²) in [6.45, 7) is 0.125. The van der Waals surface area contributed by atoms with Gasteiger partial charge in [0.2, 0.25) is 5.91 Å². The summed E-state index contributed by atoms with van der Waals surface area (Å²) < 4.78 is 11.7. The lowest BCUT2D eigenvalue weighted by Gasteiger charge is -2.05. The van der Waals surface area contributed by atoms with Gasteiger partial charge in [-0.25, -0.2) is 0 Å². The van der Waals surface area contributed by atoms with E-state index in [1.807, 2.05) is 0 Å². The summed E-state index contributed by atoms with van der Waals surface area (Å²) in [7, 11) is 0. The zero-order chi connectivity index (χ0) is 19.2. The van der Waals surface area contributed by atoms with Gasteiger partial charge in [-0.2, -0.15) is 0 Å². The van der Waals surface area contributed by atoms with E-state index in [4.69, 9.17) is 32.4 Å². The predicted octanol–water partition coefficient (Wildman–Crippen LogP) is 5.45. The Morgan fingerprint density at radius 1 is 1.19 bits per heavy atom. The minimum Gasteiger partial charge on any atom is -0.484 e. The van der Waals surface area contributed by atoms with Gasteiger partial charge in [0.15, 0.2) is 6.61 Å². The van der Waals surface area contributed by atoms with Gasteiger partial charge in [0.05, 0.1) is 10.8 Å². The third-order valence-electron chi connectivity index (χ3n) is 3.15. The van der Waals surface area contributed by atoms with Gasteiger partial charge in [0.1, 0.15) is 5.75 Å². The van der Waals surface area contributed by atoms with Crippen molar-refractivity contribution in [3.63, 3.8) is 0 Å². The fraction of sp³-hybridized carbons (Fsp3) is 0.118. The maximum absolute atomic E-state index is 12.0. The van der Waals surface area contributed by atoms with Crippen molar-refractivity contribution in [3.8, 4) is 5.75 Å². The fourth-order valence-electron chi connectivity index (χ4n) is 1.93. The first-order valence-corrected chi connectivity index (χ1v) is 10.1. The lowest BCUT2D eigenvalue weighted by molar-refractivity contribution is -0.113. The zero-order valence-electron chi connectivity index (χ0n) is 13.6. The minimum absolute atomic E-state index is 0.125. The van der Waals surface area contributed by atoms with Gasteiger partial charge in [-0.1, -0.05) is 35.0 Å². The molecule has 140 valence electrons. The molecular formula is C17H12BrCl2N3O3S. The molecule has 0 saturated carbocycles. The summed E-state index contributed by atoms with van der Waals surface area (Å²) >= 11 is 16.2. The lowest BCUT2D eigenvalue weighted by atomic mass is 10.3. The third-order valence-corrected chi connectivity index (χ3v) is 5.44. The second kappa shape index (κ2) is 9.45. The van der Waals surface area contributed by atoms with Crippen molar-refractivity contribution in [2.24, 2.45) is 0 Å². The number of thioether (sulfide) groups is 1. The van der Waals surface area contributed by atoms with Crippen molar-refractivity contribution in [1.29, 1.82) is 0 Å². The van der Waals surface area contributed by atoms with Crippen molar-refractivity contribution in [1.82, 2.24) is 10.2 Å². The molecule has 0 saturated heterocycles. The Morgan fingerprint density at radius 3 is 2.70 bits per heavy atom. The number of hydrogen-bond acceptors (Lipinski definition) is 6. The van der Waals surface area contributed by atoms with Crippen LogP contribution in [0.4, 0.5) is 5.69 Å².